The molecule has 0 radical (unpaired) electrons. The van der Waals surface area contributed by atoms with E-state index in [4.69, 9.17) is 4.74 Å². The molecule has 1 aliphatic heterocycles. The maximum atomic E-state index is 12.3. The molecule has 28 heavy (non-hydrogen) atoms. The maximum absolute atomic E-state index is 12.3. The van der Waals surface area contributed by atoms with Crippen LogP contribution in [0.4, 0.5) is 11.4 Å². The minimum atomic E-state index is -0.143. The van der Waals surface area contributed by atoms with E-state index in [-0.39, 0.29) is 12.5 Å². The van der Waals surface area contributed by atoms with Crippen LogP contribution in [-0.4, -0.2) is 25.6 Å². The van der Waals surface area contributed by atoms with Gasteiger partial charge in [-0.3, -0.25) is 4.79 Å². The number of aryl methyl sites for hydroxylation is 1. The van der Waals surface area contributed by atoms with Crippen molar-refractivity contribution >= 4 is 17.3 Å². The van der Waals surface area contributed by atoms with Gasteiger partial charge in [0.25, 0.3) is 5.91 Å². The fourth-order valence-corrected chi connectivity index (χ4v) is 3.61. The molecule has 0 unspecified atom stereocenters. The van der Waals surface area contributed by atoms with Gasteiger partial charge in [-0.25, -0.2) is 0 Å². The number of carbonyl (C=O) groups excluding carboxylic acids is 1. The second kappa shape index (κ2) is 9.13. The van der Waals surface area contributed by atoms with E-state index in [1.807, 2.05) is 25.1 Å². The van der Waals surface area contributed by atoms with Crippen LogP contribution in [0, 0.1) is 12.8 Å². The Labute approximate surface area is 168 Å². The zero-order valence-electron chi connectivity index (χ0n) is 17.5. The largest absolute Gasteiger partial charge is 0.483 e. The molecule has 1 aliphatic rings. The molecular weight excluding hydrogens is 348 g/mol. The lowest BCUT2D eigenvalue weighted by molar-refractivity contribution is -0.118. The summed E-state index contributed by atoms with van der Waals surface area (Å²) in [7, 11) is 0. The third kappa shape index (κ3) is 5.28. The second-order valence-corrected chi connectivity index (χ2v) is 8.25. The summed E-state index contributed by atoms with van der Waals surface area (Å²) in [5.74, 6) is 1.82. The highest BCUT2D eigenvalue weighted by atomic mass is 16.5. The summed E-state index contributed by atoms with van der Waals surface area (Å²) in [5.41, 5.74) is 4.28. The van der Waals surface area contributed by atoms with Gasteiger partial charge in [-0.05, 0) is 73.1 Å². The molecule has 3 rings (SSSR count). The van der Waals surface area contributed by atoms with E-state index in [1.54, 1.807) is 0 Å². The highest BCUT2D eigenvalue weighted by molar-refractivity contribution is 5.92. The van der Waals surface area contributed by atoms with Crippen molar-refractivity contribution in [3.8, 4) is 5.75 Å². The first kappa shape index (κ1) is 20.2. The number of benzene rings is 2. The summed E-state index contributed by atoms with van der Waals surface area (Å²) in [4.78, 5) is 14.7. The number of hydrogen-bond acceptors (Lipinski definition) is 3. The molecule has 1 fully saturated rings. The van der Waals surface area contributed by atoms with E-state index in [2.05, 4.69) is 55.3 Å². The SMILES string of the molecule is Cc1ccc(C(C)C)c(OCC(=O)Nc2ccc(N3CCC(C)CC3)cc2)c1. The van der Waals surface area contributed by atoms with Crippen LogP contribution < -0.4 is 15.0 Å². The number of ether oxygens (including phenoxy) is 1. The number of nitrogens with zero attached hydrogens (tertiary/aromatic N) is 1. The smallest absolute Gasteiger partial charge is 0.262 e. The Morgan fingerprint density at radius 3 is 2.46 bits per heavy atom. The minimum Gasteiger partial charge on any atom is -0.483 e. The normalized spacial score (nSPS) is 15.0. The summed E-state index contributed by atoms with van der Waals surface area (Å²) in [6.07, 6.45) is 2.49. The van der Waals surface area contributed by atoms with E-state index in [0.29, 0.717) is 5.92 Å². The number of rotatable bonds is 6. The van der Waals surface area contributed by atoms with Crippen molar-refractivity contribution < 1.29 is 9.53 Å². The third-order valence-corrected chi connectivity index (χ3v) is 5.45. The first-order valence-corrected chi connectivity index (χ1v) is 10.3. The van der Waals surface area contributed by atoms with Crippen molar-refractivity contribution in [2.45, 2.75) is 46.5 Å². The van der Waals surface area contributed by atoms with Gasteiger partial charge in [-0.1, -0.05) is 32.9 Å². The highest BCUT2D eigenvalue weighted by Gasteiger charge is 2.16. The predicted octanol–water partition coefficient (Wildman–Crippen LogP) is 5.37. The molecule has 4 heteroatoms. The van der Waals surface area contributed by atoms with Gasteiger partial charge in [0.05, 0.1) is 0 Å². The Morgan fingerprint density at radius 1 is 1.14 bits per heavy atom. The Balaban J connectivity index is 1.55. The molecular formula is C24H32N2O2. The topological polar surface area (TPSA) is 41.6 Å². The molecule has 0 saturated carbocycles. The second-order valence-electron chi connectivity index (χ2n) is 8.25. The average molecular weight is 381 g/mol. The number of hydrogen-bond donors (Lipinski definition) is 1. The van der Waals surface area contributed by atoms with Crippen molar-refractivity contribution in [3.05, 3.63) is 53.6 Å². The molecule has 0 aromatic heterocycles. The summed E-state index contributed by atoms with van der Waals surface area (Å²) in [6, 6.07) is 14.3. The molecule has 2 aromatic rings. The fourth-order valence-electron chi connectivity index (χ4n) is 3.61. The van der Waals surface area contributed by atoms with Gasteiger partial charge < -0.3 is 15.0 Å². The lowest BCUT2D eigenvalue weighted by Gasteiger charge is -2.32. The van der Waals surface area contributed by atoms with Gasteiger partial charge in [0, 0.05) is 24.5 Å². The number of carbonyl (C=O) groups is 1. The number of anilines is 2. The van der Waals surface area contributed by atoms with E-state index < -0.39 is 0 Å². The van der Waals surface area contributed by atoms with Gasteiger partial charge in [0.15, 0.2) is 6.61 Å². The van der Waals surface area contributed by atoms with Gasteiger partial charge in [0.2, 0.25) is 0 Å². The lowest BCUT2D eigenvalue weighted by atomic mass is 9.99. The van der Waals surface area contributed by atoms with Crippen LogP contribution in [0.5, 0.6) is 5.75 Å². The summed E-state index contributed by atoms with van der Waals surface area (Å²) in [6.45, 7) is 10.8. The molecule has 1 N–H and O–H groups in total. The molecule has 0 bridgehead atoms. The number of nitrogens with one attached hydrogen (secondary N) is 1. The zero-order valence-corrected chi connectivity index (χ0v) is 17.5. The Kier molecular flexibility index (Phi) is 6.61. The van der Waals surface area contributed by atoms with Crippen LogP contribution in [-0.2, 0) is 4.79 Å². The van der Waals surface area contributed by atoms with Gasteiger partial charge in [0.1, 0.15) is 5.75 Å². The van der Waals surface area contributed by atoms with Gasteiger partial charge in [-0.2, -0.15) is 0 Å². The zero-order chi connectivity index (χ0) is 20.1. The molecule has 4 nitrogen and oxygen atoms in total. The first-order chi connectivity index (χ1) is 13.4. The average Bonchev–Trinajstić information content (AvgIpc) is 2.67. The minimum absolute atomic E-state index is 0.00887. The van der Waals surface area contributed by atoms with E-state index in [9.17, 15) is 4.79 Å². The van der Waals surface area contributed by atoms with Crippen LogP contribution in [0.25, 0.3) is 0 Å². The van der Waals surface area contributed by atoms with Crippen molar-refractivity contribution in [2.75, 3.05) is 29.9 Å². The van der Waals surface area contributed by atoms with Crippen LogP contribution in [0.3, 0.4) is 0 Å². The predicted molar refractivity (Wildman–Crippen MR) is 116 cm³/mol. The van der Waals surface area contributed by atoms with Crippen LogP contribution in [0.1, 0.15) is 50.7 Å². The molecule has 1 heterocycles. The highest BCUT2D eigenvalue weighted by Crippen LogP contribution is 2.28. The summed E-state index contributed by atoms with van der Waals surface area (Å²) < 4.78 is 5.82. The monoisotopic (exact) mass is 380 g/mol. The summed E-state index contributed by atoms with van der Waals surface area (Å²) in [5, 5.41) is 2.93. The maximum Gasteiger partial charge on any atom is 0.262 e. The van der Waals surface area contributed by atoms with Crippen LogP contribution in [0.2, 0.25) is 0 Å². The molecule has 0 spiro atoms. The molecule has 0 atom stereocenters. The first-order valence-electron chi connectivity index (χ1n) is 10.3. The Hall–Kier alpha value is -2.49. The van der Waals surface area contributed by atoms with Crippen molar-refractivity contribution in [1.82, 2.24) is 0 Å². The van der Waals surface area contributed by atoms with Crippen LogP contribution >= 0.6 is 0 Å². The number of amides is 1. The molecule has 150 valence electrons. The standard InChI is InChI=1S/C24H32N2O2/c1-17(2)22-10-5-19(4)15-23(22)28-16-24(27)25-20-6-8-21(9-7-20)26-13-11-18(3)12-14-26/h5-10,15,17-18H,11-14,16H2,1-4H3,(H,25,27). The lowest BCUT2D eigenvalue weighted by Crippen LogP contribution is -2.32. The van der Waals surface area contributed by atoms with Gasteiger partial charge in [-0.15, -0.1) is 0 Å². The Bertz CT molecular complexity index is 791. The van der Waals surface area contributed by atoms with E-state index in [1.165, 1.54) is 18.5 Å². The fraction of sp³-hybridized carbons (Fsp3) is 0.458. The quantitative estimate of drug-likeness (QED) is 0.732. The van der Waals surface area contributed by atoms with E-state index in [0.717, 1.165) is 41.6 Å². The summed E-state index contributed by atoms with van der Waals surface area (Å²) >= 11 is 0. The Morgan fingerprint density at radius 2 is 1.82 bits per heavy atom. The van der Waals surface area contributed by atoms with Gasteiger partial charge >= 0.3 is 0 Å². The van der Waals surface area contributed by atoms with Crippen LogP contribution in [0.15, 0.2) is 42.5 Å². The molecule has 0 aliphatic carbocycles. The van der Waals surface area contributed by atoms with Crippen molar-refractivity contribution in [3.63, 3.8) is 0 Å². The van der Waals surface area contributed by atoms with Crippen molar-refractivity contribution in [2.24, 2.45) is 5.92 Å². The number of piperidine rings is 1. The third-order valence-electron chi connectivity index (χ3n) is 5.45. The van der Waals surface area contributed by atoms with Crippen molar-refractivity contribution in [1.29, 1.82) is 0 Å². The van der Waals surface area contributed by atoms with E-state index >= 15 is 0 Å². The molecule has 1 amide bonds. The molecule has 2 aromatic carbocycles. The molecule has 1 saturated heterocycles.